The zero-order valence-electron chi connectivity index (χ0n) is 16.8. The SMILES string of the molecule is CCCCC#Cc1ccc(-c2ccc(-c3ccc(-c4ccc(CCC)s4)s3)s2)s1. The van der Waals surface area contributed by atoms with Gasteiger partial charge in [-0.15, -0.1) is 45.3 Å². The van der Waals surface area contributed by atoms with Crippen LogP contribution in [0.3, 0.4) is 0 Å². The van der Waals surface area contributed by atoms with Crippen molar-refractivity contribution in [2.75, 3.05) is 0 Å². The van der Waals surface area contributed by atoms with Crippen LogP contribution >= 0.6 is 45.3 Å². The van der Waals surface area contributed by atoms with Crippen LogP contribution in [0.4, 0.5) is 0 Å². The lowest BCUT2D eigenvalue weighted by Crippen LogP contribution is -1.71. The number of hydrogen-bond donors (Lipinski definition) is 0. The number of unbranched alkanes of at least 4 members (excludes halogenated alkanes) is 2. The molecule has 4 aromatic rings. The fourth-order valence-electron chi connectivity index (χ4n) is 3.05. The molecule has 0 aliphatic rings. The minimum Gasteiger partial charge on any atom is -0.139 e. The van der Waals surface area contributed by atoms with Crippen molar-refractivity contribution in [3.63, 3.8) is 0 Å². The second kappa shape index (κ2) is 9.91. The molecular formula is C25H24S4. The molecular weight excluding hydrogens is 429 g/mol. The first kappa shape index (κ1) is 20.6. The van der Waals surface area contributed by atoms with Crippen LogP contribution in [0.5, 0.6) is 0 Å². The van der Waals surface area contributed by atoms with E-state index in [2.05, 4.69) is 74.2 Å². The van der Waals surface area contributed by atoms with Crippen LogP contribution in [0.15, 0.2) is 48.5 Å². The summed E-state index contributed by atoms with van der Waals surface area (Å²) in [5.41, 5.74) is 0. The van der Waals surface area contributed by atoms with Gasteiger partial charge in [0.05, 0.1) is 4.88 Å². The van der Waals surface area contributed by atoms with Gasteiger partial charge in [-0.05, 0) is 61.4 Å². The van der Waals surface area contributed by atoms with Crippen molar-refractivity contribution in [1.82, 2.24) is 0 Å². The van der Waals surface area contributed by atoms with Crippen molar-refractivity contribution < 1.29 is 0 Å². The molecule has 29 heavy (non-hydrogen) atoms. The molecule has 4 aromatic heterocycles. The highest BCUT2D eigenvalue weighted by Gasteiger charge is 2.11. The van der Waals surface area contributed by atoms with E-state index in [1.165, 1.54) is 64.7 Å². The summed E-state index contributed by atoms with van der Waals surface area (Å²) >= 11 is 7.52. The van der Waals surface area contributed by atoms with E-state index in [0.717, 1.165) is 6.42 Å². The Bertz CT molecular complexity index is 1120. The third-order valence-corrected chi connectivity index (χ3v) is 9.48. The molecule has 0 aliphatic carbocycles. The summed E-state index contributed by atoms with van der Waals surface area (Å²) in [4.78, 5) is 10.8. The van der Waals surface area contributed by atoms with E-state index in [1.807, 2.05) is 34.0 Å². The molecule has 0 aliphatic heterocycles. The Morgan fingerprint density at radius 1 is 0.621 bits per heavy atom. The minimum absolute atomic E-state index is 0.998. The van der Waals surface area contributed by atoms with Crippen LogP contribution in [0.2, 0.25) is 0 Å². The first-order chi connectivity index (χ1) is 14.3. The van der Waals surface area contributed by atoms with Gasteiger partial charge >= 0.3 is 0 Å². The molecule has 0 aromatic carbocycles. The Balaban J connectivity index is 1.48. The van der Waals surface area contributed by atoms with E-state index in [9.17, 15) is 0 Å². The number of hydrogen-bond acceptors (Lipinski definition) is 4. The summed E-state index contributed by atoms with van der Waals surface area (Å²) in [5, 5.41) is 0. The van der Waals surface area contributed by atoms with Crippen molar-refractivity contribution >= 4 is 45.3 Å². The number of rotatable bonds is 7. The largest absolute Gasteiger partial charge is 0.139 e. The molecule has 4 heterocycles. The second-order valence-electron chi connectivity index (χ2n) is 6.91. The monoisotopic (exact) mass is 452 g/mol. The third kappa shape index (κ3) is 5.10. The van der Waals surface area contributed by atoms with E-state index in [4.69, 9.17) is 0 Å². The van der Waals surface area contributed by atoms with Crippen molar-refractivity contribution in [3.05, 3.63) is 58.3 Å². The van der Waals surface area contributed by atoms with Crippen molar-refractivity contribution in [3.8, 4) is 41.1 Å². The smallest absolute Gasteiger partial charge is 0.0775 e. The maximum absolute atomic E-state index is 3.32. The van der Waals surface area contributed by atoms with Crippen LogP contribution in [0.1, 0.15) is 49.3 Å². The standard InChI is InChI=1S/C25H24S4/c1-3-5-6-7-9-19-11-13-21(27-19)23-15-17-25(29-23)24-16-14-22(28-24)20-12-10-18(26-20)8-4-2/h10-17H,3-6,8H2,1-2H3. The van der Waals surface area contributed by atoms with Gasteiger partial charge < -0.3 is 0 Å². The predicted molar refractivity (Wildman–Crippen MR) is 135 cm³/mol. The molecule has 0 nitrogen and oxygen atoms in total. The molecule has 0 amide bonds. The Labute approximate surface area is 189 Å². The van der Waals surface area contributed by atoms with Gasteiger partial charge in [0.25, 0.3) is 0 Å². The highest BCUT2D eigenvalue weighted by Crippen LogP contribution is 2.42. The van der Waals surface area contributed by atoms with Crippen molar-refractivity contribution in [2.24, 2.45) is 0 Å². The summed E-state index contributed by atoms with van der Waals surface area (Å²) in [6.45, 7) is 4.45. The summed E-state index contributed by atoms with van der Waals surface area (Å²) in [6, 6.07) is 18.0. The van der Waals surface area contributed by atoms with Gasteiger partial charge in [-0.2, -0.15) is 0 Å². The highest BCUT2D eigenvalue weighted by molar-refractivity contribution is 7.28. The average Bonchev–Trinajstić information content (AvgIpc) is 3.51. The summed E-state index contributed by atoms with van der Waals surface area (Å²) in [5.74, 6) is 6.61. The lowest BCUT2D eigenvalue weighted by molar-refractivity contribution is 0.828. The Morgan fingerprint density at radius 3 is 1.79 bits per heavy atom. The van der Waals surface area contributed by atoms with Crippen LogP contribution in [0.25, 0.3) is 29.3 Å². The van der Waals surface area contributed by atoms with Gasteiger partial charge in [-0.3, -0.25) is 0 Å². The average molecular weight is 453 g/mol. The molecule has 0 spiro atoms. The van der Waals surface area contributed by atoms with Gasteiger partial charge in [0, 0.05) is 40.6 Å². The Hall–Kier alpha value is -1.64. The van der Waals surface area contributed by atoms with Crippen molar-refractivity contribution in [1.29, 1.82) is 0 Å². The zero-order valence-corrected chi connectivity index (χ0v) is 20.1. The highest BCUT2D eigenvalue weighted by atomic mass is 32.1. The maximum atomic E-state index is 3.32. The van der Waals surface area contributed by atoms with E-state index < -0.39 is 0 Å². The molecule has 0 fully saturated rings. The van der Waals surface area contributed by atoms with Gasteiger partial charge in [-0.1, -0.05) is 38.5 Å². The molecule has 0 saturated carbocycles. The lowest BCUT2D eigenvalue weighted by atomic mass is 10.2. The number of aryl methyl sites for hydroxylation is 1. The van der Waals surface area contributed by atoms with Crippen LogP contribution in [0, 0.1) is 11.8 Å². The van der Waals surface area contributed by atoms with Gasteiger partial charge in [0.1, 0.15) is 0 Å². The quantitative estimate of drug-likeness (QED) is 0.193. The first-order valence-corrected chi connectivity index (χ1v) is 13.4. The molecule has 0 radical (unpaired) electrons. The summed E-state index contributed by atoms with van der Waals surface area (Å²) < 4.78 is 0. The molecule has 0 N–H and O–H groups in total. The first-order valence-electron chi connectivity index (χ1n) is 10.1. The molecule has 4 rings (SSSR count). The van der Waals surface area contributed by atoms with Gasteiger partial charge in [-0.25, -0.2) is 0 Å². The molecule has 0 unspecified atom stereocenters. The van der Waals surface area contributed by atoms with Gasteiger partial charge in [0.2, 0.25) is 0 Å². The van der Waals surface area contributed by atoms with E-state index >= 15 is 0 Å². The minimum atomic E-state index is 0.998. The fraction of sp³-hybridized carbons (Fsp3) is 0.280. The van der Waals surface area contributed by atoms with Crippen molar-refractivity contribution in [2.45, 2.75) is 46.0 Å². The summed E-state index contributed by atoms with van der Waals surface area (Å²) in [6.07, 6.45) is 5.79. The van der Waals surface area contributed by atoms with Crippen LogP contribution in [-0.4, -0.2) is 0 Å². The van der Waals surface area contributed by atoms with E-state index in [0.29, 0.717) is 0 Å². The lowest BCUT2D eigenvalue weighted by Gasteiger charge is -1.92. The third-order valence-electron chi connectivity index (χ3n) is 4.57. The fourth-order valence-corrected chi connectivity index (χ4v) is 7.32. The predicted octanol–water partition coefficient (Wildman–Crippen LogP) is 9.43. The molecule has 4 heteroatoms. The molecule has 0 atom stereocenters. The molecule has 148 valence electrons. The van der Waals surface area contributed by atoms with Gasteiger partial charge in [0.15, 0.2) is 0 Å². The number of thiophene rings is 4. The molecule has 0 saturated heterocycles. The topological polar surface area (TPSA) is 0 Å². The van der Waals surface area contributed by atoms with E-state index in [-0.39, 0.29) is 0 Å². The normalized spacial score (nSPS) is 10.8. The van der Waals surface area contributed by atoms with Crippen LogP contribution in [-0.2, 0) is 6.42 Å². The Kier molecular flexibility index (Phi) is 7.05. The second-order valence-corrected chi connectivity index (χ2v) is 11.3. The maximum Gasteiger partial charge on any atom is 0.0775 e. The van der Waals surface area contributed by atoms with Crippen LogP contribution < -0.4 is 0 Å². The summed E-state index contributed by atoms with van der Waals surface area (Å²) in [7, 11) is 0. The van der Waals surface area contributed by atoms with E-state index in [1.54, 1.807) is 11.3 Å². The molecule has 0 bridgehead atoms. The Morgan fingerprint density at radius 2 is 1.17 bits per heavy atom. The zero-order chi connectivity index (χ0) is 20.1.